The van der Waals surface area contributed by atoms with Gasteiger partial charge < -0.3 is 9.88 Å². The molecule has 1 saturated heterocycles. The van der Waals surface area contributed by atoms with Crippen LogP contribution < -0.4 is 5.32 Å². The minimum Gasteiger partial charge on any atom is -0.337 e. The second kappa shape index (κ2) is 8.01. The van der Waals surface area contributed by atoms with E-state index in [1.807, 2.05) is 18.7 Å². The Kier molecular flexibility index (Phi) is 7.00. The molecule has 0 spiro atoms. The Labute approximate surface area is 114 Å². The first kappa shape index (κ1) is 14.9. The van der Waals surface area contributed by atoms with Crippen LogP contribution in [-0.4, -0.2) is 33.6 Å². The van der Waals surface area contributed by atoms with Gasteiger partial charge in [-0.25, -0.2) is 4.98 Å². The molecule has 3 nitrogen and oxygen atoms in total. The van der Waals surface area contributed by atoms with Gasteiger partial charge in [-0.15, -0.1) is 12.4 Å². The highest BCUT2D eigenvalue weighted by atomic mass is 35.5. The first-order valence-electron chi connectivity index (χ1n) is 6.11. The van der Waals surface area contributed by atoms with E-state index >= 15 is 0 Å². The van der Waals surface area contributed by atoms with Crippen molar-refractivity contribution in [3.05, 3.63) is 18.7 Å². The number of hydrogen-bond acceptors (Lipinski definition) is 3. The van der Waals surface area contributed by atoms with E-state index in [9.17, 15) is 0 Å². The molecule has 0 radical (unpaired) electrons. The lowest BCUT2D eigenvalue weighted by atomic mass is 10.1. The van der Waals surface area contributed by atoms with E-state index in [1.54, 1.807) is 0 Å². The van der Waals surface area contributed by atoms with Crippen LogP contribution in [0.4, 0.5) is 0 Å². The third-order valence-corrected chi connectivity index (χ3v) is 4.11. The Morgan fingerprint density at radius 3 is 2.88 bits per heavy atom. The first-order chi connectivity index (χ1) is 7.84. The van der Waals surface area contributed by atoms with Crippen LogP contribution in [0.5, 0.6) is 0 Å². The van der Waals surface area contributed by atoms with E-state index in [2.05, 4.69) is 33.6 Å². The second-order valence-electron chi connectivity index (χ2n) is 4.66. The molecule has 1 aromatic rings. The van der Waals surface area contributed by atoms with Crippen LogP contribution in [0.2, 0.25) is 0 Å². The van der Waals surface area contributed by atoms with E-state index < -0.39 is 0 Å². The lowest BCUT2D eigenvalue weighted by molar-refractivity contribution is 0.394. The zero-order chi connectivity index (χ0) is 11.2. The van der Waals surface area contributed by atoms with Crippen LogP contribution in [0.3, 0.4) is 0 Å². The summed E-state index contributed by atoms with van der Waals surface area (Å²) >= 11 is 2.08. The largest absolute Gasteiger partial charge is 0.337 e. The quantitative estimate of drug-likeness (QED) is 0.895. The highest BCUT2D eigenvalue weighted by Crippen LogP contribution is 2.17. The Bertz CT molecular complexity index is 286. The van der Waals surface area contributed by atoms with Crippen molar-refractivity contribution in [3.8, 4) is 0 Å². The van der Waals surface area contributed by atoms with E-state index in [1.165, 1.54) is 24.3 Å². The molecule has 1 fully saturated rings. The molecular weight excluding hydrogens is 254 g/mol. The molecule has 17 heavy (non-hydrogen) atoms. The van der Waals surface area contributed by atoms with Crippen LogP contribution in [0.15, 0.2) is 18.7 Å². The van der Waals surface area contributed by atoms with E-state index in [0.717, 1.165) is 19.1 Å². The van der Waals surface area contributed by atoms with E-state index in [-0.39, 0.29) is 12.4 Å². The zero-order valence-corrected chi connectivity index (χ0v) is 12.0. The summed E-state index contributed by atoms with van der Waals surface area (Å²) < 4.78 is 2.16. The number of thioether (sulfide) groups is 1. The fourth-order valence-corrected chi connectivity index (χ4v) is 3.20. The monoisotopic (exact) mass is 275 g/mol. The SMILES string of the molecule is CC(CNC1CCSCC1)Cn1ccnc1.Cl. The van der Waals surface area contributed by atoms with Gasteiger partial charge in [0.1, 0.15) is 0 Å². The van der Waals surface area contributed by atoms with Crippen LogP contribution in [0.25, 0.3) is 0 Å². The fraction of sp³-hybridized carbons (Fsp3) is 0.750. The van der Waals surface area contributed by atoms with Gasteiger partial charge in [0.25, 0.3) is 0 Å². The number of rotatable bonds is 5. The highest BCUT2D eigenvalue weighted by molar-refractivity contribution is 7.99. The summed E-state index contributed by atoms with van der Waals surface area (Å²) in [6.07, 6.45) is 8.45. The topological polar surface area (TPSA) is 29.9 Å². The Balaban J connectivity index is 0.00000144. The van der Waals surface area contributed by atoms with Crippen LogP contribution >= 0.6 is 24.2 Å². The molecule has 1 N–H and O–H groups in total. The van der Waals surface area contributed by atoms with Gasteiger partial charge in [-0.3, -0.25) is 0 Å². The van der Waals surface area contributed by atoms with Gasteiger partial charge in [0.15, 0.2) is 0 Å². The summed E-state index contributed by atoms with van der Waals surface area (Å²) in [5, 5.41) is 3.69. The summed E-state index contributed by atoms with van der Waals surface area (Å²) in [5.41, 5.74) is 0. The molecule has 0 amide bonds. The summed E-state index contributed by atoms with van der Waals surface area (Å²) in [5.74, 6) is 3.32. The average Bonchev–Trinajstić information content (AvgIpc) is 2.81. The first-order valence-corrected chi connectivity index (χ1v) is 7.27. The van der Waals surface area contributed by atoms with Gasteiger partial charge in [0.2, 0.25) is 0 Å². The number of nitrogens with zero attached hydrogens (tertiary/aromatic N) is 2. The molecule has 0 aromatic carbocycles. The Morgan fingerprint density at radius 2 is 2.24 bits per heavy atom. The van der Waals surface area contributed by atoms with Gasteiger partial charge in [0, 0.05) is 25.0 Å². The second-order valence-corrected chi connectivity index (χ2v) is 5.88. The summed E-state index contributed by atoms with van der Waals surface area (Å²) in [7, 11) is 0. The molecule has 0 saturated carbocycles. The molecule has 1 aliphatic rings. The zero-order valence-electron chi connectivity index (χ0n) is 10.3. The molecule has 1 aromatic heterocycles. The lowest BCUT2D eigenvalue weighted by Gasteiger charge is -2.24. The highest BCUT2D eigenvalue weighted by Gasteiger charge is 2.13. The minimum atomic E-state index is 0. The minimum absolute atomic E-state index is 0. The van der Waals surface area contributed by atoms with Crippen LogP contribution in [0, 0.1) is 5.92 Å². The van der Waals surface area contributed by atoms with Gasteiger partial charge in [0.05, 0.1) is 6.33 Å². The number of imidazole rings is 1. The average molecular weight is 276 g/mol. The molecule has 0 bridgehead atoms. The Morgan fingerprint density at radius 1 is 1.47 bits per heavy atom. The predicted octanol–water partition coefficient (Wildman–Crippen LogP) is 2.43. The molecule has 0 aliphatic carbocycles. The van der Waals surface area contributed by atoms with Crippen molar-refractivity contribution in [1.29, 1.82) is 0 Å². The molecule has 1 atom stereocenters. The summed E-state index contributed by atoms with van der Waals surface area (Å²) in [4.78, 5) is 4.07. The molecule has 98 valence electrons. The van der Waals surface area contributed by atoms with Crippen molar-refractivity contribution in [2.45, 2.75) is 32.4 Å². The number of nitrogens with one attached hydrogen (secondary N) is 1. The number of hydrogen-bond donors (Lipinski definition) is 1. The maximum Gasteiger partial charge on any atom is 0.0946 e. The maximum absolute atomic E-state index is 4.07. The Hall–Kier alpha value is -0.190. The molecule has 5 heteroatoms. The molecule has 1 aliphatic heterocycles. The van der Waals surface area contributed by atoms with Gasteiger partial charge in [-0.2, -0.15) is 11.8 Å². The lowest BCUT2D eigenvalue weighted by Crippen LogP contribution is -2.36. The summed E-state index contributed by atoms with van der Waals surface area (Å²) in [6, 6.07) is 0.756. The van der Waals surface area contributed by atoms with Gasteiger partial charge >= 0.3 is 0 Å². The van der Waals surface area contributed by atoms with Crippen molar-refractivity contribution >= 4 is 24.2 Å². The normalized spacial score (nSPS) is 18.6. The van der Waals surface area contributed by atoms with E-state index in [4.69, 9.17) is 0 Å². The van der Waals surface area contributed by atoms with Crippen molar-refractivity contribution in [2.75, 3.05) is 18.1 Å². The predicted molar refractivity (Wildman–Crippen MR) is 77.0 cm³/mol. The number of halogens is 1. The van der Waals surface area contributed by atoms with Gasteiger partial charge in [-0.1, -0.05) is 6.92 Å². The van der Waals surface area contributed by atoms with Crippen molar-refractivity contribution in [2.24, 2.45) is 5.92 Å². The smallest absolute Gasteiger partial charge is 0.0946 e. The molecular formula is C12H22ClN3S. The number of aromatic nitrogens is 2. The standard InChI is InChI=1S/C12H21N3S.ClH/c1-11(9-15-5-4-13-10-15)8-14-12-2-6-16-7-3-12;/h4-5,10-12,14H,2-3,6-9H2,1H3;1H. The third-order valence-electron chi connectivity index (χ3n) is 3.06. The molecule has 1 unspecified atom stereocenters. The van der Waals surface area contributed by atoms with E-state index in [0.29, 0.717) is 5.92 Å². The fourth-order valence-electron chi connectivity index (χ4n) is 2.09. The summed E-state index contributed by atoms with van der Waals surface area (Å²) in [6.45, 7) is 4.48. The van der Waals surface area contributed by atoms with Crippen molar-refractivity contribution in [1.82, 2.24) is 14.9 Å². The third kappa shape index (κ3) is 5.32. The maximum atomic E-state index is 4.07. The van der Waals surface area contributed by atoms with Crippen LogP contribution in [0.1, 0.15) is 19.8 Å². The molecule has 2 heterocycles. The molecule has 2 rings (SSSR count). The van der Waals surface area contributed by atoms with Crippen LogP contribution in [-0.2, 0) is 6.54 Å². The van der Waals surface area contributed by atoms with Crippen molar-refractivity contribution < 1.29 is 0 Å². The van der Waals surface area contributed by atoms with Crippen molar-refractivity contribution in [3.63, 3.8) is 0 Å². The van der Waals surface area contributed by atoms with Gasteiger partial charge in [-0.05, 0) is 36.8 Å².